The lowest BCUT2D eigenvalue weighted by Gasteiger charge is -2.35. The van der Waals surface area contributed by atoms with Crippen molar-refractivity contribution < 1.29 is 61.3 Å². The minimum Gasteiger partial charge on any atom is -0.281 e. The van der Waals surface area contributed by atoms with E-state index >= 15 is 0 Å². The lowest BCUT2D eigenvalue weighted by Crippen LogP contribution is -2.64. The van der Waals surface area contributed by atoms with Crippen LogP contribution in [0.25, 0.3) is 0 Å². The highest BCUT2D eigenvalue weighted by Crippen LogP contribution is 2.55. The van der Waals surface area contributed by atoms with Gasteiger partial charge in [-0.25, -0.2) is 0 Å². The van der Waals surface area contributed by atoms with E-state index in [1.807, 2.05) is 0 Å². The van der Waals surface area contributed by atoms with Crippen molar-refractivity contribution in [3.8, 4) is 0 Å². The number of unbranched alkanes of at least 4 members (excludes halogenated alkanes) is 1. The van der Waals surface area contributed by atoms with Crippen molar-refractivity contribution in [1.82, 2.24) is 0 Å². The first-order valence-electron chi connectivity index (χ1n) is 5.76. The molecule has 0 aromatic heterocycles. The Morgan fingerprint density at radius 1 is 0.667 bits per heavy atom. The van der Waals surface area contributed by atoms with Gasteiger partial charge in [0.25, 0.3) is 0 Å². The molecule has 0 aliphatic heterocycles. The van der Waals surface area contributed by atoms with Crippen LogP contribution in [0.1, 0.15) is 25.7 Å². The fourth-order valence-electron chi connectivity index (χ4n) is 1.40. The summed E-state index contributed by atoms with van der Waals surface area (Å²) in [6.07, 6.45) is -11.5. The maximum absolute atomic E-state index is 13.1. The molecule has 0 unspecified atom stereocenters. The lowest BCUT2D eigenvalue weighted by molar-refractivity contribution is -0.349. The standard InChI is InChI=1S/C9H9F11O3S/c10-5(11,3-1-2-4-6(12,13)14)7(15,16)8(17,18)9(19,20)24(21,22)23/h1-4H2,(H,21,22,23). The number of hydrogen-bond acceptors (Lipinski definition) is 2. The second kappa shape index (κ2) is 6.46. The van der Waals surface area contributed by atoms with E-state index in [9.17, 15) is 56.7 Å². The van der Waals surface area contributed by atoms with Crippen LogP contribution in [-0.2, 0) is 10.1 Å². The molecule has 0 bridgehead atoms. The lowest BCUT2D eigenvalue weighted by atomic mass is 9.98. The van der Waals surface area contributed by atoms with E-state index in [-0.39, 0.29) is 0 Å². The Morgan fingerprint density at radius 2 is 1.04 bits per heavy atom. The van der Waals surface area contributed by atoms with Gasteiger partial charge in [0, 0.05) is 12.8 Å². The van der Waals surface area contributed by atoms with E-state index in [0.717, 1.165) is 0 Å². The Morgan fingerprint density at radius 3 is 1.38 bits per heavy atom. The summed E-state index contributed by atoms with van der Waals surface area (Å²) in [4.78, 5) is 0. The van der Waals surface area contributed by atoms with Crippen molar-refractivity contribution in [3.63, 3.8) is 0 Å². The second-order valence-corrected chi connectivity index (χ2v) is 6.13. The quantitative estimate of drug-likeness (QED) is 0.367. The monoisotopic (exact) mass is 406 g/mol. The van der Waals surface area contributed by atoms with E-state index in [1.165, 1.54) is 0 Å². The van der Waals surface area contributed by atoms with Crippen molar-refractivity contribution in [1.29, 1.82) is 0 Å². The summed E-state index contributed by atoms with van der Waals surface area (Å²) in [7, 11) is -7.19. The highest BCUT2D eigenvalue weighted by atomic mass is 32.2. The van der Waals surface area contributed by atoms with E-state index in [2.05, 4.69) is 0 Å². The van der Waals surface area contributed by atoms with Crippen LogP contribution >= 0.6 is 0 Å². The largest absolute Gasteiger partial charge is 0.438 e. The molecule has 0 amide bonds. The van der Waals surface area contributed by atoms with Crippen LogP contribution in [0.15, 0.2) is 0 Å². The zero-order valence-electron chi connectivity index (χ0n) is 11.2. The first-order chi connectivity index (χ1) is 10.2. The molecule has 146 valence electrons. The molecule has 24 heavy (non-hydrogen) atoms. The molecule has 0 heterocycles. The Balaban J connectivity index is 5.39. The molecular weight excluding hydrogens is 397 g/mol. The third-order valence-corrected chi connectivity index (χ3v) is 3.65. The minimum atomic E-state index is -7.24. The summed E-state index contributed by atoms with van der Waals surface area (Å²) in [6.45, 7) is 0. The van der Waals surface area contributed by atoms with Gasteiger partial charge in [-0.3, -0.25) is 4.55 Å². The molecule has 0 rings (SSSR count). The zero-order valence-corrected chi connectivity index (χ0v) is 12.0. The molecule has 0 fully saturated rings. The maximum atomic E-state index is 13.1. The summed E-state index contributed by atoms with van der Waals surface area (Å²) in [5.74, 6) is -20.2. The van der Waals surface area contributed by atoms with Crippen molar-refractivity contribution in [2.24, 2.45) is 0 Å². The van der Waals surface area contributed by atoms with Gasteiger partial charge in [0.15, 0.2) is 0 Å². The van der Waals surface area contributed by atoms with Gasteiger partial charge in [-0.15, -0.1) is 0 Å². The molecule has 0 aliphatic carbocycles. The molecule has 0 atom stereocenters. The van der Waals surface area contributed by atoms with Crippen LogP contribution in [0.4, 0.5) is 48.3 Å². The van der Waals surface area contributed by atoms with Gasteiger partial charge in [0.1, 0.15) is 0 Å². The SMILES string of the molecule is O=S(=O)(O)C(F)(F)C(F)(F)C(F)(F)C(F)(F)CCCCC(F)(F)F. The third kappa shape index (κ3) is 4.40. The molecule has 0 radical (unpaired) electrons. The maximum Gasteiger partial charge on any atom is 0.438 e. The van der Waals surface area contributed by atoms with E-state index in [1.54, 1.807) is 0 Å². The van der Waals surface area contributed by atoms with Gasteiger partial charge >= 0.3 is 39.3 Å². The van der Waals surface area contributed by atoms with Crippen molar-refractivity contribution in [3.05, 3.63) is 0 Å². The smallest absolute Gasteiger partial charge is 0.281 e. The van der Waals surface area contributed by atoms with E-state index in [4.69, 9.17) is 4.55 Å². The predicted octanol–water partition coefficient (Wildman–Crippen LogP) is 4.50. The fourth-order valence-corrected chi connectivity index (χ4v) is 1.86. The molecule has 3 nitrogen and oxygen atoms in total. The zero-order chi connectivity index (χ0) is 19.8. The van der Waals surface area contributed by atoms with Gasteiger partial charge in [-0.05, 0) is 12.8 Å². The molecule has 0 aromatic rings. The summed E-state index contributed by atoms with van der Waals surface area (Å²) in [5.41, 5.74) is 0. The van der Waals surface area contributed by atoms with Gasteiger partial charge in [0.2, 0.25) is 0 Å². The van der Waals surface area contributed by atoms with E-state index < -0.39 is 65.0 Å². The first-order valence-corrected chi connectivity index (χ1v) is 7.20. The van der Waals surface area contributed by atoms with Gasteiger partial charge in [-0.2, -0.15) is 56.7 Å². The molecule has 0 aromatic carbocycles. The van der Waals surface area contributed by atoms with Gasteiger partial charge in [0.05, 0.1) is 0 Å². The average Bonchev–Trinajstić information content (AvgIpc) is 2.31. The normalized spacial score (nSPS) is 15.7. The summed E-state index contributed by atoms with van der Waals surface area (Å²) < 4.78 is 167. The molecule has 1 N–H and O–H groups in total. The van der Waals surface area contributed by atoms with Crippen LogP contribution in [0.3, 0.4) is 0 Å². The van der Waals surface area contributed by atoms with Gasteiger partial charge in [-0.1, -0.05) is 0 Å². The number of hydrogen-bond donors (Lipinski definition) is 1. The van der Waals surface area contributed by atoms with Crippen molar-refractivity contribution >= 4 is 10.1 Å². The van der Waals surface area contributed by atoms with Gasteiger partial charge < -0.3 is 0 Å². The Hall–Kier alpha value is -0.860. The summed E-state index contributed by atoms with van der Waals surface area (Å²) >= 11 is 0. The Kier molecular flexibility index (Phi) is 6.23. The number of rotatable bonds is 8. The highest BCUT2D eigenvalue weighted by molar-refractivity contribution is 7.87. The van der Waals surface area contributed by atoms with Crippen LogP contribution in [0.2, 0.25) is 0 Å². The minimum absolute atomic E-state index is 1.19. The summed E-state index contributed by atoms with van der Waals surface area (Å²) in [5, 5.41) is -6.96. The highest BCUT2D eigenvalue weighted by Gasteiger charge is 2.84. The van der Waals surface area contributed by atoms with Crippen LogP contribution < -0.4 is 0 Å². The summed E-state index contributed by atoms with van der Waals surface area (Å²) in [6, 6.07) is 0. The third-order valence-electron chi connectivity index (χ3n) is 2.74. The average molecular weight is 406 g/mol. The van der Waals surface area contributed by atoms with Crippen molar-refractivity contribution in [2.75, 3.05) is 0 Å². The Labute approximate surface area is 127 Å². The molecule has 15 heteroatoms. The molecule has 0 saturated heterocycles. The Bertz CT molecular complexity index is 537. The topological polar surface area (TPSA) is 54.4 Å². The first kappa shape index (κ1) is 23.1. The molecular formula is C9H9F11O3S. The van der Waals surface area contributed by atoms with Crippen LogP contribution in [0.5, 0.6) is 0 Å². The van der Waals surface area contributed by atoms with Crippen LogP contribution in [0, 0.1) is 0 Å². The second-order valence-electron chi connectivity index (χ2n) is 4.67. The van der Waals surface area contributed by atoms with E-state index in [0.29, 0.717) is 0 Å². The van der Waals surface area contributed by atoms with Crippen LogP contribution in [-0.4, -0.2) is 42.2 Å². The molecule has 0 saturated carbocycles. The number of halogens is 11. The fraction of sp³-hybridized carbons (Fsp3) is 1.00. The number of alkyl halides is 11. The predicted molar refractivity (Wildman–Crippen MR) is 55.9 cm³/mol. The van der Waals surface area contributed by atoms with Crippen molar-refractivity contribution in [2.45, 2.75) is 54.9 Å². The molecule has 0 spiro atoms. The molecule has 0 aliphatic rings.